The van der Waals surface area contributed by atoms with E-state index in [1.54, 1.807) is 13.3 Å². The summed E-state index contributed by atoms with van der Waals surface area (Å²) in [6.07, 6.45) is 5.62. The smallest absolute Gasteiger partial charge is 0.160 e. The van der Waals surface area contributed by atoms with Crippen LogP contribution in [0, 0.1) is 6.92 Å². The molecule has 0 radical (unpaired) electrons. The molecular formula is C14H22N2OS. The molecule has 1 aromatic heterocycles. The first-order valence-electron chi connectivity index (χ1n) is 6.61. The van der Waals surface area contributed by atoms with Crippen molar-refractivity contribution in [3.05, 3.63) is 18.0 Å². The van der Waals surface area contributed by atoms with Crippen LogP contribution in [0.3, 0.4) is 0 Å². The molecule has 0 saturated heterocycles. The molecule has 0 bridgehead atoms. The van der Waals surface area contributed by atoms with E-state index in [2.05, 4.69) is 35.1 Å². The third-order valence-electron chi connectivity index (χ3n) is 3.37. The molecule has 2 rings (SSSR count). The molecule has 1 saturated carbocycles. The van der Waals surface area contributed by atoms with Crippen LogP contribution in [0.5, 0.6) is 5.75 Å². The minimum Gasteiger partial charge on any atom is -0.493 e. The summed E-state index contributed by atoms with van der Waals surface area (Å²) in [5.41, 5.74) is 2.10. The number of thioether (sulfide) groups is 1. The van der Waals surface area contributed by atoms with Gasteiger partial charge in [-0.2, -0.15) is 11.8 Å². The van der Waals surface area contributed by atoms with Gasteiger partial charge in [-0.15, -0.1) is 0 Å². The summed E-state index contributed by atoms with van der Waals surface area (Å²) >= 11 is 2.08. The van der Waals surface area contributed by atoms with Crippen molar-refractivity contribution in [2.75, 3.05) is 18.2 Å². The van der Waals surface area contributed by atoms with Crippen LogP contribution in [-0.4, -0.2) is 29.1 Å². The number of methoxy groups -OCH3 is 1. The normalized spacial score (nSPS) is 23.1. The molecule has 2 unspecified atom stereocenters. The Hall–Kier alpha value is -0.900. The Kier molecular flexibility index (Phi) is 4.75. The van der Waals surface area contributed by atoms with Gasteiger partial charge in [-0.25, -0.2) is 0 Å². The number of hydrogen-bond donors (Lipinski definition) is 1. The standard InChI is InChI=1S/C14H22N2OS/c1-4-18-12-6-5-11(8-12)16-13-7-10(2)15-9-14(13)17-3/h7,9,11-12H,4-6,8H2,1-3H3,(H,15,16). The van der Waals surface area contributed by atoms with Crippen LogP contribution >= 0.6 is 11.8 Å². The Morgan fingerprint density at radius 3 is 3.06 bits per heavy atom. The van der Waals surface area contributed by atoms with E-state index in [4.69, 9.17) is 4.74 Å². The van der Waals surface area contributed by atoms with Crippen LogP contribution in [0.25, 0.3) is 0 Å². The number of nitrogens with zero attached hydrogens (tertiary/aromatic N) is 1. The Balaban J connectivity index is 1.99. The van der Waals surface area contributed by atoms with Gasteiger partial charge < -0.3 is 10.1 Å². The summed E-state index contributed by atoms with van der Waals surface area (Å²) in [5, 5.41) is 4.43. The molecular weight excluding hydrogens is 244 g/mol. The first-order chi connectivity index (χ1) is 8.72. The second-order valence-corrected chi connectivity index (χ2v) is 6.33. The highest BCUT2D eigenvalue weighted by Crippen LogP contribution is 2.33. The zero-order valence-electron chi connectivity index (χ0n) is 11.4. The van der Waals surface area contributed by atoms with E-state index in [0.717, 1.165) is 22.4 Å². The molecule has 1 aliphatic rings. The van der Waals surface area contributed by atoms with E-state index < -0.39 is 0 Å². The van der Waals surface area contributed by atoms with E-state index in [1.807, 2.05) is 6.92 Å². The second kappa shape index (κ2) is 6.32. The van der Waals surface area contributed by atoms with Crippen molar-refractivity contribution in [2.24, 2.45) is 0 Å². The molecule has 1 aromatic rings. The van der Waals surface area contributed by atoms with Crippen molar-refractivity contribution in [3.63, 3.8) is 0 Å². The average Bonchev–Trinajstić information content (AvgIpc) is 2.77. The molecule has 4 heteroatoms. The zero-order chi connectivity index (χ0) is 13.0. The average molecular weight is 266 g/mol. The lowest BCUT2D eigenvalue weighted by Crippen LogP contribution is -2.16. The van der Waals surface area contributed by atoms with Crippen LogP contribution in [0.1, 0.15) is 31.9 Å². The fourth-order valence-corrected chi connectivity index (χ4v) is 3.64. The van der Waals surface area contributed by atoms with Gasteiger partial charge in [0.1, 0.15) is 0 Å². The predicted molar refractivity (Wildman–Crippen MR) is 78.7 cm³/mol. The van der Waals surface area contributed by atoms with Crippen molar-refractivity contribution < 1.29 is 4.74 Å². The molecule has 0 aromatic carbocycles. The minimum absolute atomic E-state index is 0.574. The van der Waals surface area contributed by atoms with Gasteiger partial charge >= 0.3 is 0 Å². The number of hydrogen-bond acceptors (Lipinski definition) is 4. The summed E-state index contributed by atoms with van der Waals surface area (Å²) in [7, 11) is 1.70. The van der Waals surface area contributed by atoms with E-state index in [9.17, 15) is 0 Å². The molecule has 1 fully saturated rings. The van der Waals surface area contributed by atoms with Crippen LogP contribution < -0.4 is 10.1 Å². The summed E-state index contributed by atoms with van der Waals surface area (Å²) in [5.74, 6) is 2.06. The fourth-order valence-electron chi connectivity index (χ4n) is 2.50. The SMILES string of the molecule is CCSC1CCC(Nc2cc(C)ncc2OC)C1. The molecule has 3 nitrogen and oxygen atoms in total. The number of ether oxygens (including phenoxy) is 1. The number of aryl methyl sites for hydroxylation is 1. The first kappa shape index (κ1) is 13.5. The maximum absolute atomic E-state index is 5.35. The number of nitrogens with one attached hydrogen (secondary N) is 1. The molecule has 1 aliphatic carbocycles. The fraction of sp³-hybridized carbons (Fsp3) is 0.643. The summed E-state index contributed by atoms with van der Waals surface area (Å²) in [6, 6.07) is 2.64. The number of pyridine rings is 1. The van der Waals surface area contributed by atoms with Gasteiger partial charge in [0.2, 0.25) is 0 Å². The van der Waals surface area contributed by atoms with Crippen molar-refractivity contribution in [2.45, 2.75) is 44.4 Å². The summed E-state index contributed by atoms with van der Waals surface area (Å²) < 4.78 is 5.35. The Bertz CT molecular complexity index is 397. The van der Waals surface area contributed by atoms with Crippen molar-refractivity contribution in [1.29, 1.82) is 0 Å². The predicted octanol–water partition coefficient (Wildman–Crippen LogP) is 3.48. The summed E-state index contributed by atoms with van der Waals surface area (Å²) in [4.78, 5) is 4.26. The largest absolute Gasteiger partial charge is 0.493 e. The topological polar surface area (TPSA) is 34.2 Å². The Morgan fingerprint density at radius 2 is 2.33 bits per heavy atom. The lowest BCUT2D eigenvalue weighted by atomic mass is 10.2. The van der Waals surface area contributed by atoms with Gasteiger partial charge in [0.15, 0.2) is 5.75 Å². The number of rotatable bonds is 5. The highest BCUT2D eigenvalue weighted by molar-refractivity contribution is 7.99. The van der Waals surface area contributed by atoms with Crippen LogP contribution in [0.15, 0.2) is 12.3 Å². The second-order valence-electron chi connectivity index (χ2n) is 4.76. The number of anilines is 1. The lowest BCUT2D eigenvalue weighted by Gasteiger charge is -2.17. The lowest BCUT2D eigenvalue weighted by molar-refractivity contribution is 0.414. The minimum atomic E-state index is 0.574. The highest BCUT2D eigenvalue weighted by Gasteiger charge is 2.25. The van der Waals surface area contributed by atoms with Crippen molar-refractivity contribution in [3.8, 4) is 5.75 Å². The quantitative estimate of drug-likeness (QED) is 0.884. The Morgan fingerprint density at radius 1 is 1.50 bits per heavy atom. The third kappa shape index (κ3) is 3.31. The molecule has 0 aliphatic heterocycles. The van der Waals surface area contributed by atoms with Gasteiger partial charge in [-0.3, -0.25) is 4.98 Å². The monoisotopic (exact) mass is 266 g/mol. The maximum Gasteiger partial charge on any atom is 0.160 e. The van der Waals surface area contributed by atoms with E-state index in [1.165, 1.54) is 25.0 Å². The van der Waals surface area contributed by atoms with E-state index >= 15 is 0 Å². The molecule has 2 atom stereocenters. The van der Waals surface area contributed by atoms with Gasteiger partial charge in [0, 0.05) is 17.0 Å². The van der Waals surface area contributed by atoms with Crippen LogP contribution in [0.2, 0.25) is 0 Å². The summed E-state index contributed by atoms with van der Waals surface area (Å²) in [6.45, 7) is 4.25. The molecule has 1 N–H and O–H groups in total. The van der Waals surface area contributed by atoms with Crippen LogP contribution in [0.4, 0.5) is 5.69 Å². The van der Waals surface area contributed by atoms with Gasteiger partial charge in [0.05, 0.1) is 19.0 Å². The van der Waals surface area contributed by atoms with Crippen LogP contribution in [-0.2, 0) is 0 Å². The molecule has 0 spiro atoms. The van der Waals surface area contributed by atoms with Gasteiger partial charge in [0.25, 0.3) is 0 Å². The van der Waals surface area contributed by atoms with Gasteiger partial charge in [-0.1, -0.05) is 6.92 Å². The molecule has 18 heavy (non-hydrogen) atoms. The van der Waals surface area contributed by atoms with Gasteiger partial charge in [-0.05, 0) is 38.0 Å². The van der Waals surface area contributed by atoms with Crippen molar-refractivity contribution >= 4 is 17.4 Å². The third-order valence-corrected chi connectivity index (χ3v) is 4.60. The van der Waals surface area contributed by atoms with Crippen molar-refractivity contribution in [1.82, 2.24) is 4.98 Å². The molecule has 100 valence electrons. The molecule has 1 heterocycles. The molecule has 0 amide bonds. The number of aromatic nitrogens is 1. The van der Waals surface area contributed by atoms with E-state index in [0.29, 0.717) is 6.04 Å². The first-order valence-corrected chi connectivity index (χ1v) is 7.66. The Labute approximate surface area is 114 Å². The zero-order valence-corrected chi connectivity index (χ0v) is 12.2. The highest BCUT2D eigenvalue weighted by atomic mass is 32.2. The van der Waals surface area contributed by atoms with E-state index in [-0.39, 0.29) is 0 Å². The maximum atomic E-state index is 5.35.